The Hall–Kier alpha value is -1.61. The van der Waals surface area contributed by atoms with Gasteiger partial charge in [0.05, 0.1) is 18.7 Å². The molecule has 3 nitrogen and oxygen atoms in total. The fourth-order valence-electron chi connectivity index (χ4n) is 2.02. The van der Waals surface area contributed by atoms with E-state index in [1.165, 1.54) is 5.56 Å². The molecule has 0 fully saturated rings. The van der Waals surface area contributed by atoms with Gasteiger partial charge in [0.15, 0.2) is 0 Å². The minimum Gasteiger partial charge on any atom is -0.496 e. The molecule has 0 aliphatic carbocycles. The molecule has 0 amide bonds. The van der Waals surface area contributed by atoms with Gasteiger partial charge in [-0.3, -0.25) is 0 Å². The Balaban J connectivity index is 2.62. The zero-order valence-corrected chi connectivity index (χ0v) is 11.5. The Bertz CT molecular complexity index is 570. The van der Waals surface area contributed by atoms with Crippen LogP contribution in [-0.4, -0.2) is 17.1 Å². The molecular weight excluding hydrogens is 248 g/mol. The number of methoxy groups -OCH3 is 1. The van der Waals surface area contributed by atoms with Crippen molar-refractivity contribution in [2.75, 3.05) is 7.11 Å². The summed E-state index contributed by atoms with van der Waals surface area (Å²) in [6, 6.07) is 5.99. The molecule has 2 rings (SSSR count). The van der Waals surface area contributed by atoms with Gasteiger partial charge in [-0.2, -0.15) is 0 Å². The van der Waals surface area contributed by atoms with Gasteiger partial charge in [0.1, 0.15) is 11.6 Å². The monoisotopic (exact) mass is 262 g/mol. The molecule has 0 unspecified atom stereocenters. The third kappa shape index (κ3) is 2.46. The second-order valence-corrected chi connectivity index (χ2v) is 4.42. The molecule has 2 aromatic rings. The van der Waals surface area contributed by atoms with Crippen molar-refractivity contribution >= 4 is 11.6 Å². The van der Waals surface area contributed by atoms with Gasteiger partial charge in [0.2, 0.25) is 0 Å². The van der Waals surface area contributed by atoms with Crippen LogP contribution in [-0.2, 0) is 5.88 Å². The highest BCUT2D eigenvalue weighted by molar-refractivity contribution is 6.16. The normalized spacial score (nSPS) is 10.4. The quantitative estimate of drug-likeness (QED) is 0.794. The van der Waals surface area contributed by atoms with Crippen LogP contribution in [0.4, 0.5) is 0 Å². The van der Waals surface area contributed by atoms with E-state index in [0.29, 0.717) is 11.7 Å². The van der Waals surface area contributed by atoms with E-state index < -0.39 is 0 Å². The van der Waals surface area contributed by atoms with Gasteiger partial charge >= 0.3 is 0 Å². The van der Waals surface area contributed by atoms with Gasteiger partial charge in [-0.15, -0.1) is 11.6 Å². The Morgan fingerprint density at radius 2 is 2.06 bits per heavy atom. The van der Waals surface area contributed by atoms with Crippen molar-refractivity contribution in [3.8, 4) is 17.0 Å². The molecule has 0 aliphatic heterocycles. The lowest BCUT2D eigenvalue weighted by molar-refractivity contribution is 0.415. The van der Waals surface area contributed by atoms with Crippen LogP contribution < -0.4 is 4.74 Å². The highest BCUT2D eigenvalue weighted by Gasteiger charge is 2.12. The summed E-state index contributed by atoms with van der Waals surface area (Å²) in [4.78, 5) is 8.54. The van der Waals surface area contributed by atoms with E-state index in [1.54, 1.807) is 13.3 Å². The van der Waals surface area contributed by atoms with Gasteiger partial charge < -0.3 is 4.74 Å². The number of hydrogen-bond acceptors (Lipinski definition) is 3. The molecule has 0 saturated carbocycles. The number of alkyl halides is 1. The molecule has 1 aromatic carbocycles. The molecule has 0 radical (unpaired) electrons. The molecule has 0 saturated heterocycles. The number of aromatic nitrogens is 2. The topological polar surface area (TPSA) is 35.0 Å². The SMILES string of the molecule is COc1cc(C)cc(C)c1-c1ccnc(CCl)n1. The number of rotatable bonds is 3. The molecule has 0 atom stereocenters. The number of hydrogen-bond donors (Lipinski definition) is 0. The van der Waals surface area contributed by atoms with E-state index >= 15 is 0 Å². The van der Waals surface area contributed by atoms with Crippen LogP contribution in [0.25, 0.3) is 11.3 Å². The van der Waals surface area contributed by atoms with Crippen LogP contribution in [0.2, 0.25) is 0 Å². The molecule has 4 heteroatoms. The Morgan fingerprint density at radius 1 is 1.28 bits per heavy atom. The predicted octanol–water partition coefficient (Wildman–Crippen LogP) is 3.51. The van der Waals surface area contributed by atoms with Crippen LogP contribution in [0, 0.1) is 13.8 Å². The highest BCUT2D eigenvalue weighted by atomic mass is 35.5. The summed E-state index contributed by atoms with van der Waals surface area (Å²) in [5.74, 6) is 1.75. The summed E-state index contributed by atoms with van der Waals surface area (Å²) in [7, 11) is 1.67. The summed E-state index contributed by atoms with van der Waals surface area (Å²) in [6.07, 6.45) is 1.72. The largest absolute Gasteiger partial charge is 0.496 e. The lowest BCUT2D eigenvalue weighted by atomic mass is 10.0. The van der Waals surface area contributed by atoms with E-state index in [1.807, 2.05) is 26.0 Å². The van der Waals surface area contributed by atoms with Gasteiger partial charge in [-0.1, -0.05) is 6.07 Å². The summed E-state index contributed by atoms with van der Waals surface area (Å²) >= 11 is 5.77. The van der Waals surface area contributed by atoms with Gasteiger partial charge in [-0.05, 0) is 37.1 Å². The maximum absolute atomic E-state index is 5.77. The van der Waals surface area contributed by atoms with E-state index in [-0.39, 0.29) is 0 Å². The first kappa shape index (κ1) is 12.8. The van der Waals surface area contributed by atoms with E-state index in [2.05, 4.69) is 16.0 Å². The molecule has 1 heterocycles. The number of ether oxygens (including phenoxy) is 1. The molecule has 0 bridgehead atoms. The van der Waals surface area contributed by atoms with Crippen LogP contribution in [0.5, 0.6) is 5.75 Å². The first-order valence-corrected chi connectivity index (χ1v) is 6.22. The minimum absolute atomic E-state index is 0.307. The molecule has 0 spiro atoms. The smallest absolute Gasteiger partial charge is 0.143 e. The second kappa shape index (κ2) is 5.36. The Labute approximate surface area is 112 Å². The Morgan fingerprint density at radius 3 is 2.72 bits per heavy atom. The lowest BCUT2D eigenvalue weighted by Crippen LogP contribution is -1.97. The number of benzene rings is 1. The zero-order chi connectivity index (χ0) is 13.1. The van der Waals surface area contributed by atoms with Crippen LogP contribution >= 0.6 is 11.6 Å². The molecular formula is C14H15ClN2O. The first-order valence-electron chi connectivity index (χ1n) is 5.69. The van der Waals surface area contributed by atoms with E-state index in [0.717, 1.165) is 22.6 Å². The number of nitrogens with zero attached hydrogens (tertiary/aromatic N) is 2. The average Bonchev–Trinajstić information content (AvgIpc) is 2.37. The van der Waals surface area contributed by atoms with Crippen molar-refractivity contribution in [1.29, 1.82) is 0 Å². The predicted molar refractivity (Wildman–Crippen MR) is 73.1 cm³/mol. The lowest BCUT2D eigenvalue weighted by Gasteiger charge is -2.12. The van der Waals surface area contributed by atoms with Crippen LogP contribution in [0.1, 0.15) is 17.0 Å². The minimum atomic E-state index is 0.307. The number of aryl methyl sites for hydroxylation is 2. The highest BCUT2D eigenvalue weighted by Crippen LogP contribution is 2.33. The van der Waals surface area contributed by atoms with Crippen LogP contribution in [0.3, 0.4) is 0 Å². The third-order valence-corrected chi connectivity index (χ3v) is 2.98. The fraction of sp³-hybridized carbons (Fsp3) is 0.286. The molecule has 0 aliphatic rings. The van der Waals surface area contributed by atoms with Crippen molar-refractivity contribution in [2.24, 2.45) is 0 Å². The molecule has 0 N–H and O–H groups in total. The van der Waals surface area contributed by atoms with Crippen molar-refractivity contribution in [3.63, 3.8) is 0 Å². The summed E-state index contributed by atoms with van der Waals surface area (Å²) < 4.78 is 5.44. The maximum atomic E-state index is 5.77. The van der Waals surface area contributed by atoms with E-state index in [4.69, 9.17) is 16.3 Å². The summed E-state index contributed by atoms with van der Waals surface area (Å²) in [6.45, 7) is 4.09. The zero-order valence-electron chi connectivity index (χ0n) is 10.7. The molecule has 18 heavy (non-hydrogen) atoms. The third-order valence-electron chi connectivity index (χ3n) is 2.74. The first-order chi connectivity index (χ1) is 8.65. The molecule has 1 aromatic heterocycles. The van der Waals surface area contributed by atoms with Crippen molar-refractivity contribution in [1.82, 2.24) is 9.97 Å². The van der Waals surface area contributed by atoms with Gasteiger partial charge in [0.25, 0.3) is 0 Å². The number of halogens is 1. The fourth-order valence-corrected chi connectivity index (χ4v) is 2.15. The van der Waals surface area contributed by atoms with Gasteiger partial charge in [0, 0.05) is 11.8 Å². The van der Waals surface area contributed by atoms with Crippen molar-refractivity contribution < 1.29 is 4.74 Å². The van der Waals surface area contributed by atoms with Crippen molar-refractivity contribution in [3.05, 3.63) is 41.3 Å². The van der Waals surface area contributed by atoms with Crippen LogP contribution in [0.15, 0.2) is 24.4 Å². The van der Waals surface area contributed by atoms with Crippen molar-refractivity contribution in [2.45, 2.75) is 19.7 Å². The van der Waals surface area contributed by atoms with E-state index in [9.17, 15) is 0 Å². The van der Waals surface area contributed by atoms with Gasteiger partial charge in [-0.25, -0.2) is 9.97 Å². The summed E-state index contributed by atoms with van der Waals surface area (Å²) in [5.41, 5.74) is 4.14. The maximum Gasteiger partial charge on any atom is 0.143 e. The average molecular weight is 263 g/mol. The molecule has 94 valence electrons. The standard InChI is InChI=1S/C14H15ClN2O/c1-9-6-10(2)14(12(7-9)18-3)11-4-5-16-13(8-15)17-11/h4-7H,8H2,1-3H3. The second-order valence-electron chi connectivity index (χ2n) is 4.15. The Kier molecular flexibility index (Phi) is 3.82. The summed E-state index contributed by atoms with van der Waals surface area (Å²) in [5, 5.41) is 0.